The average Bonchev–Trinajstić information content (AvgIpc) is 2.92. The summed E-state index contributed by atoms with van der Waals surface area (Å²) in [6.07, 6.45) is 3.58. The highest BCUT2D eigenvalue weighted by molar-refractivity contribution is 6.05. The Balaban J connectivity index is 2.20. The summed E-state index contributed by atoms with van der Waals surface area (Å²) in [6.45, 7) is 9.49. The number of aromatic nitrogens is 2. The first kappa shape index (κ1) is 17.1. The van der Waals surface area contributed by atoms with E-state index in [2.05, 4.69) is 17.3 Å². The summed E-state index contributed by atoms with van der Waals surface area (Å²) in [6, 6.07) is 5.87. The number of hydrogen-bond donors (Lipinski definition) is 1. The zero-order valence-corrected chi connectivity index (χ0v) is 14.3. The van der Waals surface area contributed by atoms with Gasteiger partial charge >= 0.3 is 0 Å². The van der Waals surface area contributed by atoms with E-state index >= 15 is 0 Å². The predicted octanol–water partition coefficient (Wildman–Crippen LogP) is 3.95. The molecule has 0 saturated carbocycles. The number of anilines is 1. The molecule has 2 aromatic rings. The summed E-state index contributed by atoms with van der Waals surface area (Å²) in [4.78, 5) is 12.6. The molecule has 1 aromatic carbocycles. The number of ether oxygens (including phenoxy) is 1. The number of carbonyl (C=O) groups is 1. The lowest BCUT2D eigenvalue weighted by atomic mass is 10.1. The van der Waals surface area contributed by atoms with Crippen molar-refractivity contribution in [3.63, 3.8) is 0 Å². The second-order valence-corrected chi connectivity index (χ2v) is 5.71. The topological polar surface area (TPSA) is 56.2 Å². The van der Waals surface area contributed by atoms with Crippen molar-refractivity contribution in [2.45, 2.75) is 47.1 Å². The van der Waals surface area contributed by atoms with Crippen molar-refractivity contribution in [1.29, 1.82) is 0 Å². The Kier molecular flexibility index (Phi) is 5.79. The Morgan fingerprint density at radius 1 is 1.22 bits per heavy atom. The van der Waals surface area contributed by atoms with Gasteiger partial charge in [0.05, 0.1) is 6.61 Å². The van der Waals surface area contributed by atoms with Crippen LogP contribution in [0, 0.1) is 13.8 Å². The number of rotatable bonds is 7. The number of carbonyl (C=O) groups excluding carboxylic acids is 1. The number of hydrogen-bond acceptors (Lipinski definition) is 3. The summed E-state index contributed by atoms with van der Waals surface area (Å²) in [5.41, 5.74) is 3.60. The maximum Gasteiger partial charge on any atom is 0.262 e. The third kappa shape index (κ3) is 4.34. The van der Waals surface area contributed by atoms with Gasteiger partial charge in [0.2, 0.25) is 5.88 Å². The number of benzene rings is 1. The van der Waals surface area contributed by atoms with Crippen molar-refractivity contribution < 1.29 is 9.53 Å². The minimum absolute atomic E-state index is 0.193. The molecule has 0 spiro atoms. The molecule has 0 atom stereocenters. The Hall–Kier alpha value is -2.30. The summed E-state index contributed by atoms with van der Waals surface area (Å²) in [5.74, 6) is 0.211. The predicted molar refractivity (Wildman–Crippen MR) is 92.2 cm³/mol. The lowest BCUT2D eigenvalue weighted by Gasteiger charge is -2.08. The molecule has 1 heterocycles. The molecule has 1 amide bonds. The van der Waals surface area contributed by atoms with Crippen molar-refractivity contribution in [3.05, 3.63) is 41.1 Å². The first-order valence-electron chi connectivity index (χ1n) is 8.14. The Labute approximate surface area is 137 Å². The molecule has 1 aromatic heterocycles. The van der Waals surface area contributed by atoms with Gasteiger partial charge in [0.1, 0.15) is 5.56 Å². The molecule has 5 heteroatoms. The first-order valence-corrected chi connectivity index (χ1v) is 8.14. The molecular weight excluding hydrogens is 290 g/mol. The van der Waals surface area contributed by atoms with Crippen LogP contribution >= 0.6 is 0 Å². The average molecular weight is 315 g/mol. The lowest BCUT2D eigenvalue weighted by molar-refractivity contribution is 0.102. The second-order valence-electron chi connectivity index (χ2n) is 5.71. The summed E-state index contributed by atoms with van der Waals surface area (Å²) in [5, 5.41) is 7.29. The van der Waals surface area contributed by atoms with Crippen LogP contribution in [-0.4, -0.2) is 22.3 Å². The van der Waals surface area contributed by atoms with Crippen LogP contribution in [0.15, 0.2) is 24.4 Å². The highest BCUT2D eigenvalue weighted by atomic mass is 16.5. The summed E-state index contributed by atoms with van der Waals surface area (Å²) >= 11 is 0. The first-order chi connectivity index (χ1) is 11.0. The van der Waals surface area contributed by atoms with Gasteiger partial charge in [-0.05, 0) is 49.9 Å². The van der Waals surface area contributed by atoms with E-state index in [9.17, 15) is 4.79 Å². The molecule has 0 aliphatic heterocycles. The highest BCUT2D eigenvalue weighted by Crippen LogP contribution is 2.20. The highest BCUT2D eigenvalue weighted by Gasteiger charge is 2.18. The molecule has 0 fully saturated rings. The minimum atomic E-state index is -0.193. The third-order valence-corrected chi connectivity index (χ3v) is 3.63. The van der Waals surface area contributed by atoms with E-state index < -0.39 is 0 Å². The molecule has 0 aliphatic carbocycles. The fraction of sp³-hybridized carbons (Fsp3) is 0.444. The Morgan fingerprint density at radius 3 is 2.65 bits per heavy atom. The van der Waals surface area contributed by atoms with Gasteiger partial charge < -0.3 is 10.1 Å². The molecule has 23 heavy (non-hydrogen) atoms. The molecule has 124 valence electrons. The van der Waals surface area contributed by atoms with Crippen LogP contribution in [-0.2, 0) is 6.54 Å². The van der Waals surface area contributed by atoms with E-state index in [1.54, 1.807) is 10.9 Å². The largest absolute Gasteiger partial charge is 0.476 e. The van der Waals surface area contributed by atoms with Crippen molar-refractivity contribution >= 4 is 11.6 Å². The lowest BCUT2D eigenvalue weighted by Crippen LogP contribution is -2.13. The van der Waals surface area contributed by atoms with E-state index in [0.29, 0.717) is 18.1 Å². The molecule has 0 saturated heterocycles. The maximum absolute atomic E-state index is 12.6. The van der Waals surface area contributed by atoms with Crippen LogP contribution in [0.4, 0.5) is 5.69 Å². The molecule has 0 bridgehead atoms. The van der Waals surface area contributed by atoms with Gasteiger partial charge in [-0.1, -0.05) is 19.9 Å². The quantitative estimate of drug-likeness (QED) is 0.841. The van der Waals surface area contributed by atoms with E-state index in [1.165, 1.54) is 5.56 Å². The molecule has 0 unspecified atom stereocenters. The van der Waals surface area contributed by atoms with Crippen LogP contribution < -0.4 is 10.1 Å². The van der Waals surface area contributed by atoms with Gasteiger partial charge in [0.25, 0.3) is 5.91 Å². The molecule has 1 N–H and O–H groups in total. The van der Waals surface area contributed by atoms with Crippen molar-refractivity contribution in [1.82, 2.24) is 9.78 Å². The van der Waals surface area contributed by atoms with Crippen molar-refractivity contribution in [3.8, 4) is 5.88 Å². The van der Waals surface area contributed by atoms with Crippen LogP contribution in [0.25, 0.3) is 0 Å². The second kappa shape index (κ2) is 7.81. The van der Waals surface area contributed by atoms with E-state index in [-0.39, 0.29) is 5.91 Å². The van der Waals surface area contributed by atoms with Gasteiger partial charge in [-0.3, -0.25) is 9.48 Å². The number of nitrogens with one attached hydrogen (secondary N) is 1. The van der Waals surface area contributed by atoms with Gasteiger partial charge in [0, 0.05) is 18.4 Å². The van der Waals surface area contributed by atoms with Gasteiger partial charge in [-0.2, -0.15) is 0 Å². The molecule has 0 radical (unpaired) electrons. The van der Waals surface area contributed by atoms with Crippen LogP contribution in [0.2, 0.25) is 0 Å². The van der Waals surface area contributed by atoms with Crippen molar-refractivity contribution in [2.24, 2.45) is 0 Å². The van der Waals surface area contributed by atoms with Gasteiger partial charge in [0.15, 0.2) is 0 Å². The molecular formula is C18H25N3O2. The van der Waals surface area contributed by atoms with Crippen LogP contribution in [0.3, 0.4) is 0 Å². The monoisotopic (exact) mass is 315 g/mol. The fourth-order valence-corrected chi connectivity index (χ4v) is 2.23. The van der Waals surface area contributed by atoms with E-state index in [4.69, 9.17) is 4.74 Å². The molecule has 0 aliphatic rings. The number of nitrogens with zero attached hydrogens (tertiary/aromatic N) is 2. The zero-order valence-electron chi connectivity index (χ0n) is 14.3. The summed E-state index contributed by atoms with van der Waals surface area (Å²) in [7, 11) is 0. The van der Waals surface area contributed by atoms with E-state index in [1.807, 2.05) is 39.0 Å². The maximum atomic E-state index is 12.6. The molecule has 5 nitrogen and oxygen atoms in total. The summed E-state index contributed by atoms with van der Waals surface area (Å²) < 4.78 is 7.39. The SMILES string of the molecule is CCCOc1nn(CCC)cc1C(=O)Nc1ccc(C)c(C)c1. The minimum Gasteiger partial charge on any atom is -0.476 e. The Morgan fingerprint density at radius 2 is 2.00 bits per heavy atom. The van der Waals surface area contributed by atoms with Gasteiger partial charge in [-0.25, -0.2) is 0 Å². The smallest absolute Gasteiger partial charge is 0.262 e. The van der Waals surface area contributed by atoms with Crippen LogP contribution in [0.1, 0.15) is 48.2 Å². The Bertz CT molecular complexity index is 677. The normalized spacial score (nSPS) is 10.6. The molecule has 2 rings (SSSR count). The number of amides is 1. The fourth-order valence-electron chi connectivity index (χ4n) is 2.23. The van der Waals surface area contributed by atoms with Gasteiger partial charge in [-0.15, -0.1) is 5.10 Å². The standard InChI is InChI=1S/C18H25N3O2/c1-5-9-21-12-16(18(20-21)23-10-6-2)17(22)19-15-8-7-13(3)14(4)11-15/h7-8,11-12H,5-6,9-10H2,1-4H3,(H,19,22). The number of aryl methyl sites for hydroxylation is 3. The van der Waals surface area contributed by atoms with Crippen molar-refractivity contribution in [2.75, 3.05) is 11.9 Å². The van der Waals surface area contributed by atoms with E-state index in [0.717, 1.165) is 30.6 Å². The zero-order chi connectivity index (χ0) is 16.8. The third-order valence-electron chi connectivity index (χ3n) is 3.63. The van der Waals surface area contributed by atoms with Crippen LogP contribution in [0.5, 0.6) is 5.88 Å².